The van der Waals surface area contributed by atoms with E-state index in [0.717, 1.165) is 50.8 Å². The minimum atomic E-state index is -0.266. The maximum atomic E-state index is 13.4. The number of aromatic nitrogens is 6. The van der Waals surface area contributed by atoms with Crippen molar-refractivity contribution in [3.8, 4) is 33.8 Å². The molecule has 4 aromatic heterocycles. The predicted octanol–water partition coefficient (Wildman–Crippen LogP) is 5.43. The highest BCUT2D eigenvalue weighted by Gasteiger charge is 2.16. The lowest BCUT2D eigenvalue weighted by Gasteiger charge is -2.10. The average Bonchev–Trinajstić information content (AvgIpc) is 3.48. The zero-order valence-corrected chi connectivity index (χ0v) is 19.2. The number of benzene rings is 2. The molecule has 4 heterocycles. The van der Waals surface area contributed by atoms with E-state index < -0.39 is 0 Å². The van der Waals surface area contributed by atoms with Gasteiger partial charge in [0.25, 0.3) is 0 Å². The number of imidazole rings is 1. The van der Waals surface area contributed by atoms with Crippen LogP contribution in [0.15, 0.2) is 73.2 Å². The van der Waals surface area contributed by atoms with Crippen LogP contribution in [0.3, 0.4) is 0 Å². The molecule has 0 aliphatic heterocycles. The molecule has 0 saturated carbocycles. The lowest BCUT2D eigenvalue weighted by molar-refractivity contribution is 0.402. The summed E-state index contributed by atoms with van der Waals surface area (Å²) in [6.45, 7) is 0.808. The molecule has 0 fully saturated rings. The molecule has 0 atom stereocenters. The molecule has 0 radical (unpaired) electrons. The van der Waals surface area contributed by atoms with E-state index in [-0.39, 0.29) is 5.82 Å². The molecule has 6 rings (SSSR count). The fourth-order valence-electron chi connectivity index (χ4n) is 4.35. The summed E-state index contributed by atoms with van der Waals surface area (Å²) in [5, 5.41) is 8.39. The third kappa shape index (κ3) is 3.94. The lowest BCUT2D eigenvalue weighted by atomic mass is 10.0. The van der Waals surface area contributed by atoms with Crippen LogP contribution in [0.1, 0.15) is 5.56 Å². The second-order valence-corrected chi connectivity index (χ2v) is 8.81. The number of aromatic amines is 2. The largest absolute Gasteiger partial charge is 0.337 e. The number of nitrogens with one attached hydrogen (secondary N) is 2. The molecule has 172 valence electrons. The highest BCUT2D eigenvalue weighted by molar-refractivity contribution is 5.97. The number of hydrogen-bond acceptors (Lipinski definition) is 5. The van der Waals surface area contributed by atoms with Crippen molar-refractivity contribution < 1.29 is 4.39 Å². The van der Waals surface area contributed by atoms with Crippen molar-refractivity contribution >= 4 is 22.1 Å². The molecular weight excluding hydrogens is 441 g/mol. The molecule has 0 bridgehead atoms. The van der Waals surface area contributed by atoms with Crippen molar-refractivity contribution in [2.75, 3.05) is 14.1 Å². The van der Waals surface area contributed by atoms with E-state index in [1.54, 1.807) is 12.1 Å². The van der Waals surface area contributed by atoms with Gasteiger partial charge in [-0.25, -0.2) is 14.4 Å². The molecule has 6 aromatic rings. The van der Waals surface area contributed by atoms with Crippen molar-refractivity contribution in [2.45, 2.75) is 6.54 Å². The number of halogens is 1. The number of rotatable bonds is 5. The Kier molecular flexibility index (Phi) is 5.08. The molecule has 2 N–H and O–H groups in total. The molecule has 0 aliphatic rings. The van der Waals surface area contributed by atoms with Crippen LogP contribution in [0.5, 0.6) is 0 Å². The molecule has 0 aliphatic carbocycles. The van der Waals surface area contributed by atoms with Crippen LogP contribution in [0.4, 0.5) is 4.39 Å². The van der Waals surface area contributed by atoms with Crippen molar-refractivity contribution in [2.24, 2.45) is 0 Å². The minimum absolute atomic E-state index is 0.266. The number of hydrogen-bond donors (Lipinski definition) is 2. The van der Waals surface area contributed by atoms with Crippen molar-refractivity contribution in [3.63, 3.8) is 0 Å². The van der Waals surface area contributed by atoms with Gasteiger partial charge in [-0.2, -0.15) is 5.10 Å². The van der Waals surface area contributed by atoms with E-state index in [9.17, 15) is 4.39 Å². The molecule has 0 unspecified atom stereocenters. The summed E-state index contributed by atoms with van der Waals surface area (Å²) < 4.78 is 13.4. The lowest BCUT2D eigenvalue weighted by Crippen LogP contribution is -2.10. The summed E-state index contributed by atoms with van der Waals surface area (Å²) in [6, 6.07) is 16.5. The standard InChI is InChI=1S/C27H22FN7/c1-35(2)15-16-10-18(13-29-12-16)19-11-22-25(33-34-26(22)30-14-19)27-31-23-5-3-4-21(24(23)32-27)17-6-8-20(28)9-7-17/h3-14H,15H2,1-2H3,(H,31,32)(H,30,33,34). The number of nitrogens with zero attached hydrogens (tertiary/aromatic N) is 5. The van der Waals surface area contributed by atoms with Gasteiger partial charge in [0, 0.05) is 41.8 Å². The van der Waals surface area contributed by atoms with Gasteiger partial charge in [-0.05, 0) is 55.6 Å². The quantitative estimate of drug-likeness (QED) is 0.356. The topological polar surface area (TPSA) is 86.4 Å². The van der Waals surface area contributed by atoms with Crippen LogP contribution in [0.2, 0.25) is 0 Å². The Labute approximate surface area is 200 Å². The highest BCUT2D eigenvalue weighted by atomic mass is 19.1. The summed E-state index contributed by atoms with van der Waals surface area (Å²) in [5.74, 6) is 0.372. The molecule has 0 spiro atoms. The third-order valence-electron chi connectivity index (χ3n) is 5.94. The second kappa shape index (κ2) is 8.41. The Morgan fingerprint density at radius 2 is 1.74 bits per heavy atom. The van der Waals surface area contributed by atoms with Gasteiger partial charge in [0.05, 0.1) is 16.4 Å². The number of fused-ring (bicyclic) bond motifs is 2. The summed E-state index contributed by atoms with van der Waals surface area (Å²) in [4.78, 5) is 19.4. The van der Waals surface area contributed by atoms with E-state index in [1.807, 2.05) is 50.9 Å². The first-order valence-corrected chi connectivity index (χ1v) is 11.2. The Bertz CT molecular complexity index is 1670. The van der Waals surface area contributed by atoms with Gasteiger partial charge in [0.15, 0.2) is 11.5 Å². The van der Waals surface area contributed by atoms with Crippen LogP contribution < -0.4 is 0 Å². The molecule has 2 aromatic carbocycles. The van der Waals surface area contributed by atoms with Gasteiger partial charge in [0.1, 0.15) is 11.5 Å². The van der Waals surface area contributed by atoms with E-state index in [4.69, 9.17) is 4.98 Å². The maximum Gasteiger partial charge on any atom is 0.159 e. The number of H-pyrrole nitrogens is 2. The fourth-order valence-corrected chi connectivity index (χ4v) is 4.35. The van der Waals surface area contributed by atoms with Gasteiger partial charge >= 0.3 is 0 Å². The summed E-state index contributed by atoms with van der Waals surface area (Å²) in [5.41, 5.74) is 7.95. The molecular formula is C27H22FN7. The smallest absolute Gasteiger partial charge is 0.159 e. The van der Waals surface area contributed by atoms with Gasteiger partial charge in [-0.3, -0.25) is 10.1 Å². The first kappa shape index (κ1) is 21.1. The van der Waals surface area contributed by atoms with Crippen LogP contribution >= 0.6 is 0 Å². The first-order valence-electron chi connectivity index (χ1n) is 11.2. The maximum absolute atomic E-state index is 13.4. The van der Waals surface area contributed by atoms with E-state index in [2.05, 4.69) is 42.2 Å². The van der Waals surface area contributed by atoms with Crippen LogP contribution in [0, 0.1) is 5.82 Å². The summed E-state index contributed by atoms with van der Waals surface area (Å²) in [7, 11) is 4.07. The highest BCUT2D eigenvalue weighted by Crippen LogP contribution is 2.32. The summed E-state index contributed by atoms with van der Waals surface area (Å²) in [6.07, 6.45) is 5.55. The Hall–Kier alpha value is -4.43. The molecule has 7 nitrogen and oxygen atoms in total. The Morgan fingerprint density at radius 3 is 2.57 bits per heavy atom. The SMILES string of the molecule is CN(C)Cc1cncc(-c2cnc3[nH]nc(-c4nc5c(-c6ccc(F)cc6)cccc5[nH]4)c3c2)c1. The van der Waals surface area contributed by atoms with Gasteiger partial charge in [-0.1, -0.05) is 24.3 Å². The van der Waals surface area contributed by atoms with Crippen molar-refractivity contribution in [3.05, 3.63) is 84.6 Å². The average molecular weight is 464 g/mol. The van der Waals surface area contributed by atoms with E-state index in [0.29, 0.717) is 17.2 Å². The molecule has 0 saturated heterocycles. The molecule has 0 amide bonds. The Morgan fingerprint density at radius 1 is 0.914 bits per heavy atom. The second-order valence-electron chi connectivity index (χ2n) is 8.81. The number of pyridine rings is 2. The predicted molar refractivity (Wildman–Crippen MR) is 135 cm³/mol. The van der Waals surface area contributed by atoms with Gasteiger partial charge in [-0.15, -0.1) is 0 Å². The van der Waals surface area contributed by atoms with Gasteiger partial charge in [0.2, 0.25) is 0 Å². The fraction of sp³-hybridized carbons (Fsp3) is 0.111. The van der Waals surface area contributed by atoms with Crippen LogP contribution in [-0.2, 0) is 6.54 Å². The normalized spacial score (nSPS) is 11.7. The summed E-state index contributed by atoms with van der Waals surface area (Å²) >= 11 is 0. The van der Waals surface area contributed by atoms with Crippen molar-refractivity contribution in [1.82, 2.24) is 35.0 Å². The molecule has 8 heteroatoms. The molecule has 35 heavy (non-hydrogen) atoms. The Balaban J connectivity index is 1.44. The van der Waals surface area contributed by atoms with E-state index >= 15 is 0 Å². The minimum Gasteiger partial charge on any atom is -0.337 e. The van der Waals surface area contributed by atoms with E-state index in [1.165, 1.54) is 12.1 Å². The van der Waals surface area contributed by atoms with Crippen LogP contribution in [0.25, 0.3) is 55.8 Å². The zero-order valence-electron chi connectivity index (χ0n) is 19.2. The first-order chi connectivity index (χ1) is 17.0. The number of para-hydroxylation sites is 1. The third-order valence-corrected chi connectivity index (χ3v) is 5.94. The monoisotopic (exact) mass is 463 g/mol. The zero-order chi connectivity index (χ0) is 23.9. The van der Waals surface area contributed by atoms with Crippen LogP contribution in [-0.4, -0.2) is 49.1 Å². The van der Waals surface area contributed by atoms with Gasteiger partial charge < -0.3 is 9.88 Å². The van der Waals surface area contributed by atoms with Crippen molar-refractivity contribution in [1.29, 1.82) is 0 Å².